The largest absolute Gasteiger partial charge is 0.457 e. The minimum absolute atomic E-state index is 0.126. The molecule has 0 atom stereocenters. The van der Waals surface area contributed by atoms with Gasteiger partial charge in [0.05, 0.1) is 0 Å². The molecule has 0 heterocycles. The molecule has 0 aromatic rings. The van der Waals surface area contributed by atoms with Gasteiger partial charge in [-0.25, -0.2) is 13.6 Å². The predicted octanol–water partition coefficient (Wildman–Crippen LogP) is 3.32. The van der Waals surface area contributed by atoms with Gasteiger partial charge in [0.2, 0.25) is 6.43 Å². The van der Waals surface area contributed by atoms with Crippen LogP contribution in [-0.2, 0) is 9.53 Å². The predicted molar refractivity (Wildman–Crippen MR) is 54.8 cm³/mol. The first-order chi connectivity index (χ1) is 6.81. The summed E-state index contributed by atoms with van der Waals surface area (Å²) in [5.41, 5.74) is -0.510. The highest BCUT2D eigenvalue weighted by atomic mass is 19.3. The van der Waals surface area contributed by atoms with Crippen molar-refractivity contribution in [1.29, 1.82) is 0 Å². The van der Waals surface area contributed by atoms with Gasteiger partial charge in [0.25, 0.3) is 0 Å². The first kappa shape index (κ1) is 14.1. The minimum Gasteiger partial charge on any atom is -0.457 e. The van der Waals surface area contributed by atoms with E-state index in [0.29, 0.717) is 12.8 Å². The molecule has 0 aliphatic rings. The molecule has 0 unspecified atom stereocenters. The molecular formula is C11H18F2O2. The second kappa shape index (κ2) is 6.53. The van der Waals surface area contributed by atoms with E-state index in [-0.39, 0.29) is 6.42 Å². The zero-order valence-corrected chi connectivity index (χ0v) is 9.43. The van der Waals surface area contributed by atoms with Crippen molar-refractivity contribution in [3.05, 3.63) is 12.2 Å². The Morgan fingerprint density at radius 1 is 1.40 bits per heavy atom. The highest BCUT2D eigenvalue weighted by Crippen LogP contribution is 2.08. The Kier molecular flexibility index (Phi) is 6.13. The van der Waals surface area contributed by atoms with Crippen LogP contribution in [0.5, 0.6) is 0 Å². The zero-order valence-electron chi connectivity index (χ0n) is 9.43. The molecular weight excluding hydrogens is 202 g/mol. The van der Waals surface area contributed by atoms with E-state index >= 15 is 0 Å². The van der Waals surface area contributed by atoms with Crippen LogP contribution in [-0.4, -0.2) is 18.0 Å². The average Bonchev–Trinajstić information content (AvgIpc) is 1.99. The fourth-order valence-electron chi connectivity index (χ4n) is 0.905. The number of carbonyl (C=O) groups is 1. The van der Waals surface area contributed by atoms with Gasteiger partial charge in [-0.2, -0.15) is 0 Å². The van der Waals surface area contributed by atoms with Crippen LogP contribution >= 0.6 is 0 Å². The monoisotopic (exact) mass is 220 g/mol. The number of hydrogen-bond acceptors (Lipinski definition) is 2. The maximum Gasteiger partial charge on any atom is 0.330 e. The lowest BCUT2D eigenvalue weighted by Gasteiger charge is -2.17. The summed E-state index contributed by atoms with van der Waals surface area (Å²) in [5, 5.41) is 0. The topological polar surface area (TPSA) is 26.3 Å². The van der Waals surface area contributed by atoms with Crippen molar-refractivity contribution in [3.63, 3.8) is 0 Å². The SMILES string of the molecule is CC(C)(C)OC(=O)/C=C/CCCC(F)F. The Morgan fingerprint density at radius 2 is 2.00 bits per heavy atom. The number of alkyl halides is 2. The van der Waals surface area contributed by atoms with Crippen molar-refractivity contribution < 1.29 is 18.3 Å². The molecule has 0 saturated carbocycles. The van der Waals surface area contributed by atoms with Gasteiger partial charge in [-0.1, -0.05) is 6.08 Å². The van der Waals surface area contributed by atoms with Gasteiger partial charge in [0.1, 0.15) is 5.60 Å². The molecule has 15 heavy (non-hydrogen) atoms. The van der Waals surface area contributed by atoms with Crippen molar-refractivity contribution in [3.8, 4) is 0 Å². The second-order valence-electron chi connectivity index (χ2n) is 4.26. The Bertz CT molecular complexity index is 217. The number of allylic oxidation sites excluding steroid dienone is 1. The van der Waals surface area contributed by atoms with Crippen LogP contribution < -0.4 is 0 Å². The van der Waals surface area contributed by atoms with Crippen molar-refractivity contribution >= 4 is 5.97 Å². The first-order valence-corrected chi connectivity index (χ1v) is 4.99. The normalized spacial score (nSPS) is 12.4. The van der Waals surface area contributed by atoms with Crippen molar-refractivity contribution in [2.75, 3.05) is 0 Å². The van der Waals surface area contributed by atoms with Crippen molar-refractivity contribution in [1.82, 2.24) is 0 Å². The van der Waals surface area contributed by atoms with E-state index in [1.54, 1.807) is 26.8 Å². The van der Waals surface area contributed by atoms with Gasteiger partial charge >= 0.3 is 5.97 Å². The van der Waals surface area contributed by atoms with E-state index in [1.807, 2.05) is 0 Å². The standard InChI is InChI=1S/C11H18F2O2/c1-11(2,3)15-10(14)8-6-4-5-7-9(12)13/h6,8-9H,4-5,7H2,1-3H3/b8-6+. The third-order valence-corrected chi connectivity index (χ3v) is 1.45. The molecule has 0 aliphatic heterocycles. The van der Waals surface area contributed by atoms with Gasteiger partial charge in [-0.3, -0.25) is 0 Å². The number of ether oxygens (including phenoxy) is 1. The van der Waals surface area contributed by atoms with Gasteiger partial charge in [0, 0.05) is 12.5 Å². The highest BCUT2D eigenvalue weighted by Gasteiger charge is 2.13. The highest BCUT2D eigenvalue weighted by molar-refractivity contribution is 5.82. The first-order valence-electron chi connectivity index (χ1n) is 4.99. The molecule has 0 radical (unpaired) electrons. The summed E-state index contributed by atoms with van der Waals surface area (Å²) in [5.74, 6) is -0.431. The summed E-state index contributed by atoms with van der Waals surface area (Å²) in [6.45, 7) is 5.32. The van der Waals surface area contributed by atoms with Crippen LogP contribution in [0.2, 0.25) is 0 Å². The summed E-state index contributed by atoms with van der Waals surface area (Å²) in [7, 11) is 0. The summed E-state index contributed by atoms with van der Waals surface area (Å²) in [4.78, 5) is 11.1. The van der Waals surface area contributed by atoms with E-state index in [9.17, 15) is 13.6 Å². The Hall–Kier alpha value is -0.930. The smallest absolute Gasteiger partial charge is 0.330 e. The second-order valence-corrected chi connectivity index (χ2v) is 4.26. The number of unbranched alkanes of at least 4 members (excludes halogenated alkanes) is 1. The van der Waals surface area contributed by atoms with Crippen molar-refractivity contribution in [2.45, 2.75) is 52.1 Å². The van der Waals surface area contributed by atoms with E-state index in [1.165, 1.54) is 6.08 Å². The number of rotatable bonds is 5. The zero-order chi connectivity index (χ0) is 11.9. The summed E-state index contributed by atoms with van der Waals surface area (Å²) >= 11 is 0. The van der Waals surface area contributed by atoms with Crippen LogP contribution in [0.4, 0.5) is 8.78 Å². The molecule has 0 amide bonds. The molecule has 0 aliphatic carbocycles. The van der Waals surface area contributed by atoms with E-state index in [2.05, 4.69) is 0 Å². The van der Waals surface area contributed by atoms with Crippen LogP contribution in [0.25, 0.3) is 0 Å². The molecule has 0 spiro atoms. The lowest BCUT2D eigenvalue weighted by molar-refractivity contribution is -0.148. The summed E-state index contributed by atoms with van der Waals surface area (Å²) in [6.07, 6.45) is 1.33. The van der Waals surface area contributed by atoms with Crippen LogP contribution in [0.3, 0.4) is 0 Å². The summed E-state index contributed by atoms with van der Waals surface area (Å²) in [6, 6.07) is 0. The van der Waals surface area contributed by atoms with Gasteiger partial charge in [0.15, 0.2) is 0 Å². The molecule has 88 valence electrons. The molecule has 0 saturated heterocycles. The van der Waals surface area contributed by atoms with E-state index in [0.717, 1.165) is 0 Å². The third-order valence-electron chi connectivity index (χ3n) is 1.45. The average molecular weight is 220 g/mol. The van der Waals surface area contributed by atoms with Crippen LogP contribution in [0.15, 0.2) is 12.2 Å². The quantitative estimate of drug-likeness (QED) is 0.403. The molecule has 0 bridgehead atoms. The minimum atomic E-state index is -2.26. The molecule has 4 heteroatoms. The van der Waals surface area contributed by atoms with Gasteiger partial charge in [-0.15, -0.1) is 0 Å². The Labute approximate surface area is 89.3 Å². The number of halogens is 2. The number of esters is 1. The van der Waals surface area contributed by atoms with Gasteiger partial charge < -0.3 is 4.74 Å². The van der Waals surface area contributed by atoms with E-state index < -0.39 is 18.0 Å². The van der Waals surface area contributed by atoms with Crippen LogP contribution in [0.1, 0.15) is 40.0 Å². The van der Waals surface area contributed by atoms with E-state index in [4.69, 9.17) is 4.74 Å². The maximum atomic E-state index is 11.7. The lowest BCUT2D eigenvalue weighted by Crippen LogP contribution is -2.22. The number of hydrogen-bond donors (Lipinski definition) is 0. The summed E-state index contributed by atoms with van der Waals surface area (Å²) < 4.78 is 28.4. The maximum absolute atomic E-state index is 11.7. The molecule has 0 rings (SSSR count). The van der Waals surface area contributed by atoms with Crippen LogP contribution in [0, 0.1) is 0 Å². The van der Waals surface area contributed by atoms with Crippen molar-refractivity contribution in [2.24, 2.45) is 0 Å². The Balaban J connectivity index is 3.64. The van der Waals surface area contributed by atoms with Gasteiger partial charge in [-0.05, 0) is 33.6 Å². The lowest BCUT2D eigenvalue weighted by atomic mass is 10.2. The molecule has 2 nitrogen and oxygen atoms in total. The fourth-order valence-corrected chi connectivity index (χ4v) is 0.905. The molecule has 0 N–H and O–H groups in total. The Morgan fingerprint density at radius 3 is 2.47 bits per heavy atom. The number of carbonyl (C=O) groups excluding carboxylic acids is 1. The molecule has 0 aromatic heterocycles. The third kappa shape index (κ3) is 11.0. The molecule has 0 fully saturated rings. The fraction of sp³-hybridized carbons (Fsp3) is 0.727. The molecule has 0 aromatic carbocycles.